The van der Waals surface area contributed by atoms with Crippen LogP contribution >= 0.6 is 11.8 Å². The molecule has 1 spiro atoms. The van der Waals surface area contributed by atoms with E-state index in [1.54, 1.807) is 33.7 Å². The molecule has 3 aliphatic heterocycles. The van der Waals surface area contributed by atoms with E-state index in [2.05, 4.69) is 31.9 Å². The largest absolute Gasteiger partial charge is 0.465 e. The van der Waals surface area contributed by atoms with Crippen molar-refractivity contribution in [3.63, 3.8) is 0 Å². The van der Waals surface area contributed by atoms with E-state index < -0.39 is 39.4 Å². The smallest absolute Gasteiger partial charge is 0.311 e. The third kappa shape index (κ3) is 5.88. The second kappa shape index (κ2) is 14.1. The predicted octanol–water partition coefficient (Wildman–Crippen LogP) is 5.26. The van der Waals surface area contributed by atoms with Crippen molar-refractivity contribution < 1.29 is 24.2 Å². The number of amides is 2. The quantitative estimate of drug-likeness (QED) is 0.161. The molecule has 5 rings (SSSR count). The van der Waals surface area contributed by atoms with Gasteiger partial charge in [0.2, 0.25) is 5.91 Å². The molecule has 0 aliphatic carbocycles. The Hall–Kier alpha value is -3.56. The highest BCUT2D eigenvalue weighted by molar-refractivity contribution is 8.02. The van der Waals surface area contributed by atoms with Gasteiger partial charge in [-0.1, -0.05) is 42.5 Å². The average Bonchev–Trinajstić information content (AvgIpc) is 3.64. The van der Waals surface area contributed by atoms with Gasteiger partial charge in [0.05, 0.1) is 35.8 Å². The summed E-state index contributed by atoms with van der Waals surface area (Å²) in [4.78, 5) is 49.1. The number of likely N-dealkylation sites (tertiary alicyclic amines) is 1. The number of benzene rings is 2. The molecule has 3 fully saturated rings. The van der Waals surface area contributed by atoms with Crippen LogP contribution in [0.5, 0.6) is 0 Å². The molecule has 2 aromatic rings. The van der Waals surface area contributed by atoms with E-state index in [0.717, 1.165) is 24.3 Å². The van der Waals surface area contributed by atoms with E-state index in [1.165, 1.54) is 0 Å². The van der Waals surface area contributed by atoms with Gasteiger partial charge >= 0.3 is 5.97 Å². The molecule has 2 unspecified atom stereocenters. The second-order valence-electron chi connectivity index (χ2n) is 12.7. The molecule has 9 heteroatoms. The minimum atomic E-state index is -0.883. The highest BCUT2D eigenvalue weighted by Crippen LogP contribution is 2.72. The summed E-state index contributed by atoms with van der Waals surface area (Å²) in [5.74, 6) is -2.31. The van der Waals surface area contributed by atoms with Crippen molar-refractivity contribution in [2.24, 2.45) is 11.8 Å². The Balaban J connectivity index is 1.58. The van der Waals surface area contributed by atoms with E-state index >= 15 is 4.79 Å². The Morgan fingerprint density at radius 3 is 2.35 bits per heavy atom. The number of aliphatic hydroxyl groups excluding tert-OH is 1. The molecule has 6 atom stereocenters. The van der Waals surface area contributed by atoms with Gasteiger partial charge < -0.3 is 24.5 Å². The highest BCUT2D eigenvalue weighted by atomic mass is 32.2. The maximum absolute atomic E-state index is 15.1. The fourth-order valence-electron chi connectivity index (χ4n) is 7.90. The lowest BCUT2D eigenvalue weighted by Crippen LogP contribution is -2.58. The first-order valence-corrected chi connectivity index (χ1v) is 17.2. The van der Waals surface area contributed by atoms with E-state index in [1.807, 2.05) is 61.5 Å². The fourth-order valence-corrected chi connectivity index (χ4v) is 10.2. The molecule has 3 aliphatic rings. The van der Waals surface area contributed by atoms with Crippen LogP contribution in [0.3, 0.4) is 0 Å². The summed E-state index contributed by atoms with van der Waals surface area (Å²) >= 11 is 1.60. The van der Waals surface area contributed by atoms with Crippen molar-refractivity contribution in [3.8, 4) is 0 Å². The molecule has 0 radical (unpaired) electrons. The molecule has 2 aromatic carbocycles. The number of rotatable bonds is 15. The molecule has 2 amide bonds. The monoisotopic (exact) mass is 645 g/mol. The van der Waals surface area contributed by atoms with Crippen LogP contribution < -0.4 is 9.80 Å². The number of anilines is 2. The van der Waals surface area contributed by atoms with Gasteiger partial charge in [-0.05, 0) is 76.3 Å². The second-order valence-corrected chi connectivity index (χ2v) is 14.6. The first kappa shape index (κ1) is 33.8. The van der Waals surface area contributed by atoms with Gasteiger partial charge in [0, 0.05) is 35.8 Å². The summed E-state index contributed by atoms with van der Waals surface area (Å²) in [6.07, 6.45) is 5.59. The van der Waals surface area contributed by atoms with Gasteiger partial charge in [-0.15, -0.1) is 24.9 Å². The molecule has 46 heavy (non-hydrogen) atoms. The van der Waals surface area contributed by atoms with Crippen LogP contribution in [0.2, 0.25) is 0 Å². The summed E-state index contributed by atoms with van der Waals surface area (Å²) in [7, 11) is 0. The number of thioether (sulfide) groups is 1. The van der Waals surface area contributed by atoms with Gasteiger partial charge in [-0.3, -0.25) is 14.4 Å². The normalized spacial score (nSPS) is 26.8. The lowest BCUT2D eigenvalue weighted by molar-refractivity contribution is -0.156. The molecule has 8 nitrogen and oxygen atoms in total. The van der Waals surface area contributed by atoms with Gasteiger partial charge in [0.25, 0.3) is 5.91 Å². The van der Waals surface area contributed by atoms with Crippen molar-refractivity contribution in [3.05, 3.63) is 85.5 Å². The maximum atomic E-state index is 15.1. The highest BCUT2D eigenvalue weighted by Gasteiger charge is 2.78. The lowest BCUT2D eigenvalue weighted by Gasteiger charge is -2.39. The first-order chi connectivity index (χ1) is 22.2. The summed E-state index contributed by atoms with van der Waals surface area (Å²) in [6, 6.07) is 16.1. The Kier molecular flexibility index (Phi) is 10.3. The minimum Gasteiger partial charge on any atom is -0.465 e. The SMILES string of the molecule is C=CCCOC(=O)[C@@H]1[C@H]2C(=O)N([C@@H](CO)Cc3ccccc3)C(C(=O)N(CC=C)c3ccc(N(CC)CC)cc3)C23CC[C@@]1(C)S3. The topological polar surface area (TPSA) is 90.4 Å². The van der Waals surface area contributed by atoms with Crippen LogP contribution in [0, 0.1) is 11.8 Å². The Bertz CT molecular complexity index is 1430. The molecular formula is C37H47N3O5S. The molecule has 0 aromatic heterocycles. The fraction of sp³-hybridized carbons (Fsp3) is 0.486. The predicted molar refractivity (Wildman–Crippen MR) is 185 cm³/mol. The number of esters is 1. The Morgan fingerprint density at radius 1 is 1.07 bits per heavy atom. The average molecular weight is 646 g/mol. The zero-order valence-electron chi connectivity index (χ0n) is 27.3. The van der Waals surface area contributed by atoms with E-state index in [-0.39, 0.29) is 31.6 Å². The van der Waals surface area contributed by atoms with Crippen molar-refractivity contribution >= 4 is 40.9 Å². The molecule has 1 N–H and O–H groups in total. The van der Waals surface area contributed by atoms with Crippen LogP contribution in [0.15, 0.2) is 79.9 Å². The molecule has 2 bridgehead atoms. The summed E-state index contributed by atoms with van der Waals surface area (Å²) < 4.78 is 4.32. The van der Waals surface area contributed by atoms with Gasteiger partial charge in [0.15, 0.2) is 0 Å². The number of fused-ring (bicyclic) bond motifs is 1. The Morgan fingerprint density at radius 2 is 1.74 bits per heavy atom. The zero-order valence-corrected chi connectivity index (χ0v) is 28.1. The molecular weight excluding hydrogens is 598 g/mol. The van der Waals surface area contributed by atoms with E-state index in [0.29, 0.717) is 31.4 Å². The number of carbonyl (C=O) groups is 3. The van der Waals surface area contributed by atoms with Crippen LogP contribution in [0.25, 0.3) is 0 Å². The standard InChI is InChI=1S/C37H47N3O5S/c1-6-10-23-45-35(44)31-30-33(42)40(29(25-41)24-26-14-12-11-13-15-26)32(37(30)21-20-36(31,5)46-37)34(43)39(22-7-2)28-18-16-27(17-19-28)38(8-3)9-4/h6-7,11-19,29-32,41H,1-2,8-10,20-25H2,3-5H3/t29-,30+,31+,32?,36-,37?/m1/s1. The Labute approximate surface area is 277 Å². The van der Waals surface area contributed by atoms with Crippen molar-refractivity contribution in [1.29, 1.82) is 0 Å². The van der Waals surface area contributed by atoms with Crippen LogP contribution in [-0.2, 0) is 25.5 Å². The van der Waals surface area contributed by atoms with Crippen molar-refractivity contribution in [2.45, 2.75) is 68.0 Å². The summed E-state index contributed by atoms with van der Waals surface area (Å²) in [5.41, 5.74) is 2.73. The molecule has 3 heterocycles. The van der Waals surface area contributed by atoms with E-state index in [4.69, 9.17) is 4.74 Å². The van der Waals surface area contributed by atoms with Gasteiger partial charge in [-0.25, -0.2) is 0 Å². The van der Waals surface area contributed by atoms with Crippen molar-refractivity contribution in [2.75, 3.05) is 42.6 Å². The number of nitrogens with zero attached hydrogens (tertiary/aromatic N) is 3. The van der Waals surface area contributed by atoms with Crippen LogP contribution in [-0.4, -0.2) is 82.2 Å². The summed E-state index contributed by atoms with van der Waals surface area (Å²) in [5, 5.41) is 10.8. The summed E-state index contributed by atoms with van der Waals surface area (Å²) in [6.45, 7) is 15.8. The number of aliphatic hydroxyl groups is 1. The van der Waals surface area contributed by atoms with E-state index in [9.17, 15) is 14.7 Å². The lowest BCUT2D eigenvalue weighted by atomic mass is 9.66. The minimum absolute atomic E-state index is 0.198. The molecule has 246 valence electrons. The van der Waals surface area contributed by atoms with Crippen LogP contribution in [0.1, 0.15) is 45.6 Å². The zero-order chi connectivity index (χ0) is 33.1. The maximum Gasteiger partial charge on any atom is 0.311 e. The molecule has 0 saturated carbocycles. The molecule has 3 saturated heterocycles. The number of hydrogen-bond acceptors (Lipinski definition) is 7. The van der Waals surface area contributed by atoms with Gasteiger partial charge in [-0.2, -0.15) is 0 Å². The van der Waals surface area contributed by atoms with Crippen molar-refractivity contribution in [1.82, 2.24) is 4.90 Å². The third-order valence-corrected chi connectivity index (χ3v) is 12.0. The third-order valence-electron chi connectivity index (χ3n) is 10.1. The number of carbonyl (C=O) groups excluding carboxylic acids is 3. The number of hydrogen-bond donors (Lipinski definition) is 1. The number of ether oxygens (including phenoxy) is 1. The van der Waals surface area contributed by atoms with Crippen LogP contribution in [0.4, 0.5) is 11.4 Å². The van der Waals surface area contributed by atoms with Gasteiger partial charge in [0.1, 0.15) is 6.04 Å². The first-order valence-electron chi connectivity index (χ1n) is 16.4.